The minimum absolute atomic E-state index is 0.244. The van der Waals surface area contributed by atoms with Gasteiger partial charge in [0.15, 0.2) is 5.58 Å². The molecule has 0 saturated heterocycles. The molecule has 102 valence electrons. The van der Waals surface area contributed by atoms with E-state index in [0.29, 0.717) is 29.3 Å². The summed E-state index contributed by atoms with van der Waals surface area (Å²) in [6.07, 6.45) is 0. The number of anilines is 2. The molecule has 0 bridgehead atoms. The molecule has 0 aliphatic rings. The highest BCUT2D eigenvalue weighted by molar-refractivity contribution is 5.86. The molecule has 0 aliphatic heterocycles. The van der Waals surface area contributed by atoms with E-state index in [-0.39, 0.29) is 5.82 Å². The minimum atomic E-state index is -0.244. The zero-order valence-electron chi connectivity index (χ0n) is 11.0. The molecule has 1 heterocycles. The first-order chi connectivity index (χ1) is 9.63. The van der Waals surface area contributed by atoms with Gasteiger partial charge in [-0.2, -0.15) is 4.98 Å². The number of hydrogen-bond acceptors (Lipinski definition) is 4. The lowest BCUT2D eigenvalue weighted by Crippen LogP contribution is -2.16. The van der Waals surface area contributed by atoms with Crippen LogP contribution in [-0.2, 0) is 6.54 Å². The topological polar surface area (TPSA) is 55.3 Å². The second kappa shape index (κ2) is 4.85. The van der Waals surface area contributed by atoms with E-state index in [1.165, 1.54) is 12.1 Å². The van der Waals surface area contributed by atoms with E-state index < -0.39 is 0 Å². The van der Waals surface area contributed by atoms with Crippen LogP contribution < -0.4 is 10.6 Å². The van der Waals surface area contributed by atoms with Crippen LogP contribution in [0.3, 0.4) is 0 Å². The summed E-state index contributed by atoms with van der Waals surface area (Å²) in [5.41, 5.74) is 8.74. The van der Waals surface area contributed by atoms with Crippen molar-refractivity contribution in [2.45, 2.75) is 6.54 Å². The third-order valence-electron chi connectivity index (χ3n) is 3.10. The van der Waals surface area contributed by atoms with Crippen LogP contribution in [0.15, 0.2) is 46.9 Å². The van der Waals surface area contributed by atoms with Crippen LogP contribution >= 0.6 is 0 Å². The quantitative estimate of drug-likeness (QED) is 0.743. The van der Waals surface area contributed by atoms with E-state index in [1.807, 2.05) is 24.1 Å². The Labute approximate surface area is 115 Å². The highest BCUT2D eigenvalue weighted by Crippen LogP contribution is 2.26. The van der Waals surface area contributed by atoms with E-state index in [2.05, 4.69) is 4.98 Å². The van der Waals surface area contributed by atoms with Crippen LogP contribution in [0.2, 0.25) is 0 Å². The highest BCUT2D eigenvalue weighted by Gasteiger charge is 2.12. The van der Waals surface area contributed by atoms with E-state index in [4.69, 9.17) is 10.2 Å². The zero-order valence-corrected chi connectivity index (χ0v) is 11.0. The number of benzene rings is 2. The number of rotatable bonds is 3. The van der Waals surface area contributed by atoms with Crippen LogP contribution in [0.1, 0.15) is 5.56 Å². The molecule has 1 aromatic heterocycles. The van der Waals surface area contributed by atoms with Crippen molar-refractivity contribution in [1.82, 2.24) is 4.98 Å². The molecular formula is C15H14FN3O. The fourth-order valence-corrected chi connectivity index (χ4v) is 2.05. The Morgan fingerprint density at radius 3 is 2.65 bits per heavy atom. The Balaban J connectivity index is 1.86. The number of fused-ring (bicyclic) bond motifs is 1. The number of halogens is 1. The summed E-state index contributed by atoms with van der Waals surface area (Å²) in [7, 11) is 1.87. The molecular weight excluding hydrogens is 257 g/mol. The van der Waals surface area contributed by atoms with Crippen LogP contribution in [-0.4, -0.2) is 12.0 Å². The summed E-state index contributed by atoms with van der Waals surface area (Å²) < 4.78 is 18.5. The number of hydrogen-bond donors (Lipinski definition) is 1. The van der Waals surface area contributed by atoms with Gasteiger partial charge in [0, 0.05) is 13.6 Å². The first-order valence-corrected chi connectivity index (χ1v) is 6.24. The predicted molar refractivity (Wildman–Crippen MR) is 76.9 cm³/mol. The van der Waals surface area contributed by atoms with Crippen molar-refractivity contribution in [3.63, 3.8) is 0 Å². The molecule has 3 rings (SSSR count). The molecule has 5 heteroatoms. The van der Waals surface area contributed by atoms with Crippen LogP contribution in [0.25, 0.3) is 11.1 Å². The van der Waals surface area contributed by atoms with Crippen molar-refractivity contribution in [3.05, 3.63) is 53.8 Å². The first kappa shape index (κ1) is 12.5. The predicted octanol–water partition coefficient (Wildman–Crippen LogP) is 3.19. The molecule has 0 amide bonds. The van der Waals surface area contributed by atoms with Gasteiger partial charge >= 0.3 is 0 Å². The van der Waals surface area contributed by atoms with Crippen molar-refractivity contribution in [2.75, 3.05) is 17.7 Å². The summed E-state index contributed by atoms with van der Waals surface area (Å²) in [5.74, 6) is -0.244. The number of nitrogens with two attached hydrogens (primary N) is 1. The molecule has 0 saturated carbocycles. The van der Waals surface area contributed by atoms with E-state index in [0.717, 1.165) is 5.56 Å². The van der Waals surface area contributed by atoms with E-state index in [1.54, 1.807) is 18.2 Å². The summed E-state index contributed by atoms with van der Waals surface area (Å²) in [4.78, 5) is 6.24. The summed E-state index contributed by atoms with van der Waals surface area (Å²) in [6, 6.07) is 12.3. The molecule has 2 N–H and O–H groups in total. The Morgan fingerprint density at radius 1 is 1.20 bits per heavy atom. The number of nitrogens with zero attached hydrogens (tertiary/aromatic N) is 2. The Bertz CT molecular complexity index is 736. The maximum Gasteiger partial charge on any atom is 0.298 e. The maximum absolute atomic E-state index is 12.9. The van der Waals surface area contributed by atoms with Gasteiger partial charge < -0.3 is 15.1 Å². The Hall–Kier alpha value is -2.56. The Morgan fingerprint density at radius 2 is 1.95 bits per heavy atom. The third kappa shape index (κ3) is 2.30. The van der Waals surface area contributed by atoms with Crippen molar-refractivity contribution in [3.8, 4) is 0 Å². The summed E-state index contributed by atoms with van der Waals surface area (Å²) >= 11 is 0. The number of nitrogen functional groups attached to an aromatic ring is 1. The van der Waals surface area contributed by atoms with Gasteiger partial charge in [-0.3, -0.25) is 0 Å². The minimum Gasteiger partial charge on any atom is -0.423 e. The van der Waals surface area contributed by atoms with Crippen LogP contribution in [0, 0.1) is 5.82 Å². The lowest BCUT2D eigenvalue weighted by molar-refractivity contribution is 0.582. The summed E-state index contributed by atoms with van der Waals surface area (Å²) in [6.45, 7) is 0.576. The van der Waals surface area contributed by atoms with Gasteiger partial charge in [0.1, 0.15) is 11.3 Å². The number of oxazole rings is 1. The van der Waals surface area contributed by atoms with Gasteiger partial charge in [0.05, 0.1) is 5.69 Å². The van der Waals surface area contributed by atoms with Crippen LogP contribution in [0.5, 0.6) is 0 Å². The number of aromatic nitrogens is 1. The van der Waals surface area contributed by atoms with Gasteiger partial charge in [-0.15, -0.1) is 0 Å². The van der Waals surface area contributed by atoms with Gasteiger partial charge in [0.25, 0.3) is 6.01 Å². The maximum atomic E-state index is 12.9. The second-order valence-electron chi connectivity index (χ2n) is 4.67. The lowest BCUT2D eigenvalue weighted by atomic mass is 10.2. The van der Waals surface area contributed by atoms with Crippen molar-refractivity contribution < 1.29 is 8.81 Å². The lowest BCUT2D eigenvalue weighted by Gasteiger charge is -2.14. The normalized spacial score (nSPS) is 10.9. The van der Waals surface area contributed by atoms with E-state index >= 15 is 0 Å². The molecule has 0 aliphatic carbocycles. The molecule has 0 unspecified atom stereocenters. The summed E-state index contributed by atoms with van der Waals surface area (Å²) in [5, 5.41) is 0. The standard InChI is InChI=1S/C15H14FN3O/c1-19(9-10-5-7-11(16)8-6-10)15-18-14-12(17)3-2-4-13(14)20-15/h2-8H,9,17H2,1H3. The van der Waals surface area contributed by atoms with Gasteiger partial charge in [-0.05, 0) is 29.8 Å². The largest absolute Gasteiger partial charge is 0.423 e. The average molecular weight is 271 g/mol. The molecule has 20 heavy (non-hydrogen) atoms. The van der Waals surface area contributed by atoms with Gasteiger partial charge in [0.2, 0.25) is 0 Å². The molecule has 0 spiro atoms. The monoisotopic (exact) mass is 271 g/mol. The average Bonchev–Trinajstić information content (AvgIpc) is 2.87. The van der Waals surface area contributed by atoms with Crippen molar-refractivity contribution in [1.29, 1.82) is 0 Å². The third-order valence-corrected chi connectivity index (χ3v) is 3.10. The zero-order chi connectivity index (χ0) is 14.1. The highest BCUT2D eigenvalue weighted by atomic mass is 19.1. The van der Waals surface area contributed by atoms with Gasteiger partial charge in [-0.1, -0.05) is 18.2 Å². The Kier molecular flexibility index (Phi) is 3.02. The van der Waals surface area contributed by atoms with E-state index in [9.17, 15) is 4.39 Å². The molecule has 0 radical (unpaired) electrons. The SMILES string of the molecule is CN(Cc1ccc(F)cc1)c1nc2c(N)cccc2o1. The van der Waals surface area contributed by atoms with Crippen molar-refractivity contribution in [2.24, 2.45) is 0 Å². The fourth-order valence-electron chi connectivity index (χ4n) is 2.05. The molecule has 0 atom stereocenters. The smallest absolute Gasteiger partial charge is 0.298 e. The second-order valence-corrected chi connectivity index (χ2v) is 4.67. The number of para-hydroxylation sites is 1. The van der Waals surface area contributed by atoms with Crippen molar-refractivity contribution >= 4 is 22.8 Å². The first-order valence-electron chi connectivity index (χ1n) is 6.24. The molecule has 4 nitrogen and oxygen atoms in total. The fraction of sp³-hybridized carbons (Fsp3) is 0.133. The van der Waals surface area contributed by atoms with Gasteiger partial charge in [-0.25, -0.2) is 4.39 Å². The van der Waals surface area contributed by atoms with Crippen LogP contribution in [0.4, 0.5) is 16.1 Å². The molecule has 0 fully saturated rings. The molecule has 2 aromatic carbocycles. The molecule has 3 aromatic rings.